The zero-order valence-electron chi connectivity index (χ0n) is 15.1. The van der Waals surface area contributed by atoms with Gasteiger partial charge in [0.15, 0.2) is 11.5 Å². The first-order valence-electron chi connectivity index (χ1n) is 8.09. The van der Waals surface area contributed by atoms with Crippen LogP contribution in [0.3, 0.4) is 0 Å². The molecule has 1 heterocycles. The maximum Gasteiger partial charge on any atom is 0.241 e. The maximum absolute atomic E-state index is 12.5. The van der Waals surface area contributed by atoms with Gasteiger partial charge >= 0.3 is 0 Å². The van der Waals surface area contributed by atoms with Crippen LogP contribution in [0.1, 0.15) is 27.2 Å². The second-order valence-corrected chi connectivity index (χ2v) is 8.29. The van der Waals surface area contributed by atoms with Crippen LogP contribution < -0.4 is 25.2 Å². The van der Waals surface area contributed by atoms with E-state index in [1.165, 1.54) is 19.1 Å². The first-order chi connectivity index (χ1) is 11.6. The summed E-state index contributed by atoms with van der Waals surface area (Å²) in [5.74, 6) is 0.432. The summed E-state index contributed by atoms with van der Waals surface area (Å²) in [5.41, 5.74) is 4.95. The van der Waals surface area contributed by atoms with E-state index in [4.69, 9.17) is 15.2 Å². The van der Waals surface area contributed by atoms with Gasteiger partial charge in [0.05, 0.1) is 24.2 Å². The monoisotopic (exact) mass is 407 g/mol. The van der Waals surface area contributed by atoms with Gasteiger partial charge in [-0.15, -0.1) is 12.4 Å². The Morgan fingerprint density at radius 3 is 2.50 bits per heavy atom. The molecule has 1 aromatic rings. The van der Waals surface area contributed by atoms with Crippen LogP contribution >= 0.6 is 12.4 Å². The highest BCUT2D eigenvalue weighted by atomic mass is 35.5. The second kappa shape index (κ2) is 8.90. The van der Waals surface area contributed by atoms with Crippen molar-refractivity contribution in [2.45, 2.75) is 43.7 Å². The molecule has 8 nitrogen and oxygen atoms in total. The predicted octanol–water partition coefficient (Wildman–Crippen LogP) is 0.790. The van der Waals surface area contributed by atoms with E-state index in [1.807, 2.05) is 0 Å². The molecule has 1 atom stereocenters. The van der Waals surface area contributed by atoms with Crippen LogP contribution in [0.5, 0.6) is 11.5 Å². The zero-order valence-corrected chi connectivity index (χ0v) is 16.7. The third-order valence-electron chi connectivity index (χ3n) is 3.73. The first-order valence-corrected chi connectivity index (χ1v) is 9.57. The van der Waals surface area contributed by atoms with Gasteiger partial charge < -0.3 is 20.5 Å². The van der Waals surface area contributed by atoms with Crippen molar-refractivity contribution in [2.75, 3.05) is 19.8 Å². The van der Waals surface area contributed by atoms with E-state index in [0.29, 0.717) is 24.7 Å². The van der Waals surface area contributed by atoms with Crippen LogP contribution in [-0.2, 0) is 14.8 Å². The Morgan fingerprint density at radius 1 is 1.27 bits per heavy atom. The summed E-state index contributed by atoms with van der Waals surface area (Å²) in [7, 11) is -3.89. The van der Waals surface area contributed by atoms with Crippen LogP contribution in [0.15, 0.2) is 23.1 Å². The quantitative estimate of drug-likeness (QED) is 0.641. The molecule has 0 aliphatic carbocycles. The normalized spacial score (nSPS) is 15.4. The van der Waals surface area contributed by atoms with Crippen molar-refractivity contribution in [3.05, 3.63) is 18.2 Å². The van der Waals surface area contributed by atoms with Crippen molar-refractivity contribution >= 4 is 28.3 Å². The number of rotatable bonds is 6. The third-order valence-corrected chi connectivity index (χ3v) is 5.26. The number of nitrogens with one attached hydrogen (secondary N) is 2. The molecule has 10 heteroatoms. The minimum absolute atomic E-state index is 0. The SMILES string of the molecule is CC(NS(=O)(=O)c1ccc2c(c1)OCCCO2)C(=O)NC(C)(C)CN.Cl. The molecule has 1 unspecified atom stereocenters. The van der Waals surface area contributed by atoms with E-state index in [9.17, 15) is 13.2 Å². The van der Waals surface area contributed by atoms with Crippen molar-refractivity contribution in [1.82, 2.24) is 10.0 Å². The molecule has 1 aromatic carbocycles. The van der Waals surface area contributed by atoms with Crippen molar-refractivity contribution in [3.63, 3.8) is 0 Å². The number of hydrogen-bond acceptors (Lipinski definition) is 6. The largest absolute Gasteiger partial charge is 0.490 e. The number of nitrogens with two attached hydrogens (primary N) is 1. The summed E-state index contributed by atoms with van der Waals surface area (Å²) in [6.07, 6.45) is 0.725. The Bertz CT molecular complexity index is 739. The van der Waals surface area contributed by atoms with Crippen LogP contribution in [0, 0.1) is 0 Å². The first kappa shape index (κ1) is 22.5. The van der Waals surface area contributed by atoms with Gasteiger partial charge in [-0.05, 0) is 32.9 Å². The lowest BCUT2D eigenvalue weighted by molar-refractivity contribution is -0.123. The molecule has 0 aromatic heterocycles. The van der Waals surface area contributed by atoms with Crippen LogP contribution in [-0.4, -0.2) is 45.7 Å². The molecule has 0 spiro atoms. The summed E-state index contributed by atoms with van der Waals surface area (Å²) in [5, 5.41) is 2.70. The molecule has 0 radical (unpaired) electrons. The molecule has 4 N–H and O–H groups in total. The lowest BCUT2D eigenvalue weighted by Crippen LogP contribution is -2.54. The van der Waals surface area contributed by atoms with Crippen LogP contribution in [0.2, 0.25) is 0 Å². The maximum atomic E-state index is 12.5. The molecule has 0 saturated heterocycles. The van der Waals surface area contributed by atoms with Crippen molar-refractivity contribution in [3.8, 4) is 11.5 Å². The second-order valence-electron chi connectivity index (χ2n) is 6.58. The Hall–Kier alpha value is -1.55. The van der Waals surface area contributed by atoms with Crippen LogP contribution in [0.4, 0.5) is 0 Å². The minimum atomic E-state index is -3.89. The molecule has 1 aliphatic heterocycles. The fourth-order valence-corrected chi connectivity index (χ4v) is 3.38. The number of sulfonamides is 1. The van der Waals surface area contributed by atoms with E-state index in [1.54, 1.807) is 19.9 Å². The third kappa shape index (κ3) is 5.73. The highest BCUT2D eigenvalue weighted by molar-refractivity contribution is 7.89. The lowest BCUT2D eigenvalue weighted by Gasteiger charge is -2.26. The topological polar surface area (TPSA) is 120 Å². The van der Waals surface area contributed by atoms with Gasteiger partial charge in [0.2, 0.25) is 15.9 Å². The zero-order chi connectivity index (χ0) is 18.7. The number of carbonyl (C=O) groups excluding carboxylic acids is 1. The number of fused-ring (bicyclic) bond motifs is 1. The van der Waals surface area contributed by atoms with E-state index in [0.717, 1.165) is 6.42 Å². The molecule has 26 heavy (non-hydrogen) atoms. The molecule has 0 saturated carbocycles. The molecular formula is C16H26ClN3O5S. The fourth-order valence-electron chi connectivity index (χ4n) is 2.16. The number of amides is 1. The molecule has 0 fully saturated rings. The van der Waals surface area contributed by atoms with Crippen molar-refractivity contribution in [1.29, 1.82) is 0 Å². The Balaban J connectivity index is 0.00000338. The number of halogens is 1. The van der Waals surface area contributed by atoms with Gasteiger partial charge in [-0.1, -0.05) is 0 Å². The summed E-state index contributed by atoms with van der Waals surface area (Å²) >= 11 is 0. The van der Waals surface area contributed by atoms with Gasteiger partial charge in [0.25, 0.3) is 0 Å². The standard InChI is InChI=1S/C16H25N3O5S.ClH/c1-11(15(20)18-16(2,3)10-17)19-25(21,22)12-5-6-13-14(9-12)24-8-4-7-23-13;/h5-6,9,11,19H,4,7-8,10,17H2,1-3H3,(H,18,20);1H. The van der Waals surface area contributed by atoms with E-state index in [2.05, 4.69) is 10.0 Å². The van der Waals surface area contributed by atoms with E-state index < -0.39 is 27.5 Å². The van der Waals surface area contributed by atoms with Gasteiger partial charge in [-0.3, -0.25) is 4.79 Å². The van der Waals surface area contributed by atoms with E-state index >= 15 is 0 Å². The summed E-state index contributed by atoms with van der Waals surface area (Å²) in [6.45, 7) is 6.21. The molecule has 2 rings (SSSR count). The summed E-state index contributed by atoms with van der Waals surface area (Å²) in [6, 6.07) is 3.42. The average Bonchev–Trinajstić information content (AvgIpc) is 2.78. The Morgan fingerprint density at radius 2 is 1.88 bits per heavy atom. The number of hydrogen-bond donors (Lipinski definition) is 3. The van der Waals surface area contributed by atoms with Gasteiger partial charge in [-0.2, -0.15) is 4.72 Å². The molecule has 1 amide bonds. The minimum Gasteiger partial charge on any atom is -0.490 e. The number of carbonyl (C=O) groups is 1. The lowest BCUT2D eigenvalue weighted by atomic mass is 10.1. The Labute approximate surface area is 160 Å². The molecule has 0 bridgehead atoms. The van der Waals surface area contributed by atoms with E-state index in [-0.39, 0.29) is 23.8 Å². The molecule has 1 aliphatic rings. The summed E-state index contributed by atoms with van der Waals surface area (Å²) in [4.78, 5) is 12.2. The highest BCUT2D eigenvalue weighted by Gasteiger charge is 2.27. The predicted molar refractivity (Wildman–Crippen MR) is 100 cm³/mol. The van der Waals surface area contributed by atoms with Crippen molar-refractivity contribution in [2.24, 2.45) is 5.73 Å². The smallest absolute Gasteiger partial charge is 0.241 e. The average molecular weight is 408 g/mol. The van der Waals surface area contributed by atoms with Gasteiger partial charge in [0.1, 0.15) is 0 Å². The number of benzene rings is 1. The highest BCUT2D eigenvalue weighted by Crippen LogP contribution is 2.31. The summed E-state index contributed by atoms with van der Waals surface area (Å²) < 4.78 is 38.4. The Kier molecular flexibility index (Phi) is 7.70. The number of ether oxygens (including phenoxy) is 2. The molecule has 148 valence electrons. The fraction of sp³-hybridized carbons (Fsp3) is 0.562. The molecular weight excluding hydrogens is 382 g/mol. The van der Waals surface area contributed by atoms with Crippen LogP contribution in [0.25, 0.3) is 0 Å². The van der Waals surface area contributed by atoms with Gasteiger partial charge in [0, 0.05) is 24.6 Å². The van der Waals surface area contributed by atoms with Gasteiger partial charge in [-0.25, -0.2) is 8.42 Å². The van der Waals surface area contributed by atoms with Crippen molar-refractivity contribution < 1.29 is 22.7 Å².